The fourth-order valence-corrected chi connectivity index (χ4v) is 2.37. The number of thioether (sulfide) groups is 1. The topological polar surface area (TPSA) is 41.5 Å². The van der Waals surface area contributed by atoms with Gasteiger partial charge in [-0.3, -0.25) is 9.79 Å². The summed E-state index contributed by atoms with van der Waals surface area (Å²) in [5.41, 5.74) is 1.00. The fraction of sp³-hybridized carbons (Fsp3) is 0.273. The lowest BCUT2D eigenvalue weighted by Gasteiger charge is -2.03. The average Bonchev–Trinajstić information content (AvgIpc) is 2.74. The summed E-state index contributed by atoms with van der Waals surface area (Å²) in [5.74, 6) is 0.962. The van der Waals surface area contributed by atoms with Gasteiger partial charge in [0.05, 0.1) is 13.0 Å². The minimum absolute atomic E-state index is 0.00419. The minimum atomic E-state index is -0.00419. The molecule has 1 aliphatic heterocycles. The molecule has 0 fully saturated rings. The molecule has 1 aliphatic rings. The fourth-order valence-electron chi connectivity index (χ4n) is 1.36. The van der Waals surface area contributed by atoms with Crippen LogP contribution in [0.2, 0.25) is 0 Å². The number of benzene rings is 1. The van der Waals surface area contributed by atoms with Crippen LogP contribution in [0.25, 0.3) is 0 Å². The third-order valence-corrected chi connectivity index (χ3v) is 3.53. The lowest BCUT2D eigenvalue weighted by molar-refractivity contribution is -0.119. The molecule has 1 amide bonds. The number of hydrogen-bond donors (Lipinski definition) is 1. The molecular weight excluding hydrogens is 288 g/mol. The van der Waals surface area contributed by atoms with Gasteiger partial charge in [0, 0.05) is 10.2 Å². The Balaban J connectivity index is 1.89. The molecule has 1 aromatic rings. The van der Waals surface area contributed by atoms with E-state index in [1.807, 2.05) is 24.3 Å². The van der Waals surface area contributed by atoms with E-state index in [4.69, 9.17) is 0 Å². The van der Waals surface area contributed by atoms with Gasteiger partial charge in [0.15, 0.2) is 5.17 Å². The molecule has 2 rings (SSSR count). The Kier molecular flexibility index (Phi) is 4.01. The maximum absolute atomic E-state index is 11.6. The number of amides is 1. The third kappa shape index (κ3) is 3.35. The highest BCUT2D eigenvalue weighted by atomic mass is 79.9. The van der Waals surface area contributed by atoms with Crippen LogP contribution < -0.4 is 5.32 Å². The second-order valence-electron chi connectivity index (χ2n) is 3.39. The smallest absolute Gasteiger partial charge is 0.230 e. The molecular formula is C11H11BrN2OS. The van der Waals surface area contributed by atoms with Crippen LogP contribution in [0.1, 0.15) is 5.56 Å². The van der Waals surface area contributed by atoms with Gasteiger partial charge in [-0.2, -0.15) is 0 Å². The summed E-state index contributed by atoms with van der Waals surface area (Å²) >= 11 is 4.95. The standard InChI is InChI=1S/C11H11BrN2OS/c12-9-3-1-8(2-4-9)7-10(15)14-11-13-5-6-16-11/h1-4H,5-7H2,(H,13,14,15). The first-order valence-corrected chi connectivity index (χ1v) is 6.73. The van der Waals surface area contributed by atoms with E-state index in [2.05, 4.69) is 26.2 Å². The first-order chi connectivity index (χ1) is 7.74. The number of rotatable bonds is 2. The van der Waals surface area contributed by atoms with Crippen LogP contribution in [0.15, 0.2) is 33.7 Å². The van der Waals surface area contributed by atoms with Crippen LogP contribution in [0.3, 0.4) is 0 Å². The van der Waals surface area contributed by atoms with Gasteiger partial charge in [-0.05, 0) is 17.7 Å². The Hall–Kier alpha value is -0.810. The molecule has 5 heteroatoms. The lowest BCUT2D eigenvalue weighted by atomic mass is 10.1. The largest absolute Gasteiger partial charge is 0.305 e. The number of halogens is 1. The van der Waals surface area contributed by atoms with Crippen LogP contribution >= 0.6 is 27.7 Å². The Morgan fingerprint density at radius 1 is 1.44 bits per heavy atom. The van der Waals surface area contributed by atoms with Crippen molar-refractivity contribution in [3.05, 3.63) is 34.3 Å². The molecule has 0 saturated heterocycles. The monoisotopic (exact) mass is 298 g/mol. The minimum Gasteiger partial charge on any atom is -0.305 e. The summed E-state index contributed by atoms with van der Waals surface area (Å²) in [6, 6.07) is 7.75. The highest BCUT2D eigenvalue weighted by Crippen LogP contribution is 2.12. The molecule has 0 radical (unpaired) electrons. The van der Waals surface area contributed by atoms with Gasteiger partial charge in [0.1, 0.15) is 0 Å². The van der Waals surface area contributed by atoms with Crippen molar-refractivity contribution in [2.24, 2.45) is 4.99 Å². The molecule has 0 spiro atoms. The van der Waals surface area contributed by atoms with E-state index >= 15 is 0 Å². The molecule has 1 aromatic carbocycles. The van der Waals surface area contributed by atoms with E-state index in [0.29, 0.717) is 6.42 Å². The highest BCUT2D eigenvalue weighted by molar-refractivity contribution is 9.10. The number of aliphatic imine (C=N–C) groups is 1. The normalized spacial score (nSPS) is 14.7. The predicted octanol–water partition coefficient (Wildman–Crippen LogP) is 2.21. The van der Waals surface area contributed by atoms with Gasteiger partial charge in [-0.25, -0.2) is 0 Å². The van der Waals surface area contributed by atoms with Gasteiger partial charge in [-0.1, -0.05) is 39.8 Å². The molecule has 0 aromatic heterocycles. The summed E-state index contributed by atoms with van der Waals surface area (Å²) in [4.78, 5) is 15.8. The van der Waals surface area contributed by atoms with Crippen LogP contribution in [-0.2, 0) is 11.2 Å². The number of amidine groups is 1. The first kappa shape index (κ1) is 11.7. The van der Waals surface area contributed by atoms with Crippen LogP contribution in [0.5, 0.6) is 0 Å². The molecule has 16 heavy (non-hydrogen) atoms. The van der Waals surface area contributed by atoms with Gasteiger partial charge < -0.3 is 5.32 Å². The Morgan fingerprint density at radius 2 is 2.19 bits per heavy atom. The van der Waals surface area contributed by atoms with Crippen molar-refractivity contribution < 1.29 is 4.79 Å². The zero-order chi connectivity index (χ0) is 11.4. The van der Waals surface area contributed by atoms with Crippen molar-refractivity contribution in [1.29, 1.82) is 0 Å². The zero-order valence-corrected chi connectivity index (χ0v) is 11.0. The van der Waals surface area contributed by atoms with E-state index in [1.165, 1.54) is 0 Å². The van der Waals surface area contributed by atoms with Gasteiger partial charge in [0.2, 0.25) is 5.91 Å². The molecule has 0 saturated carbocycles. The maximum atomic E-state index is 11.6. The zero-order valence-electron chi connectivity index (χ0n) is 8.57. The molecule has 1 heterocycles. The summed E-state index contributed by atoms with van der Waals surface area (Å²) < 4.78 is 1.02. The molecule has 0 bridgehead atoms. The number of nitrogens with one attached hydrogen (secondary N) is 1. The maximum Gasteiger partial charge on any atom is 0.230 e. The first-order valence-electron chi connectivity index (χ1n) is 4.95. The van der Waals surface area contributed by atoms with E-state index in [0.717, 1.165) is 27.5 Å². The third-order valence-electron chi connectivity index (χ3n) is 2.11. The van der Waals surface area contributed by atoms with E-state index < -0.39 is 0 Å². The molecule has 1 N–H and O–H groups in total. The summed E-state index contributed by atoms with van der Waals surface area (Å²) in [6.07, 6.45) is 0.396. The summed E-state index contributed by atoms with van der Waals surface area (Å²) in [7, 11) is 0. The second kappa shape index (κ2) is 5.50. The number of carbonyl (C=O) groups is 1. The quantitative estimate of drug-likeness (QED) is 0.909. The Bertz CT molecular complexity index is 416. The Labute approximate surface area is 107 Å². The lowest BCUT2D eigenvalue weighted by Crippen LogP contribution is -2.28. The highest BCUT2D eigenvalue weighted by Gasteiger charge is 2.10. The number of hydrogen-bond acceptors (Lipinski definition) is 3. The van der Waals surface area contributed by atoms with E-state index in [1.54, 1.807) is 11.8 Å². The molecule has 0 aliphatic carbocycles. The van der Waals surface area contributed by atoms with Crippen molar-refractivity contribution >= 4 is 38.8 Å². The predicted molar refractivity (Wildman–Crippen MR) is 70.7 cm³/mol. The second-order valence-corrected chi connectivity index (χ2v) is 5.39. The summed E-state index contributed by atoms with van der Waals surface area (Å²) in [5, 5.41) is 3.56. The molecule has 3 nitrogen and oxygen atoms in total. The average molecular weight is 299 g/mol. The van der Waals surface area contributed by atoms with Gasteiger partial charge in [-0.15, -0.1) is 0 Å². The van der Waals surface area contributed by atoms with Crippen LogP contribution in [-0.4, -0.2) is 23.4 Å². The van der Waals surface area contributed by atoms with Gasteiger partial charge in [0.25, 0.3) is 0 Å². The van der Waals surface area contributed by atoms with E-state index in [-0.39, 0.29) is 5.91 Å². The molecule has 0 unspecified atom stereocenters. The van der Waals surface area contributed by atoms with Crippen molar-refractivity contribution in [3.63, 3.8) is 0 Å². The summed E-state index contributed by atoms with van der Waals surface area (Å²) in [6.45, 7) is 0.804. The van der Waals surface area contributed by atoms with E-state index in [9.17, 15) is 4.79 Å². The van der Waals surface area contributed by atoms with Crippen LogP contribution in [0, 0.1) is 0 Å². The Morgan fingerprint density at radius 3 is 2.81 bits per heavy atom. The SMILES string of the molecule is O=C(Cc1ccc(Br)cc1)NC1=NCCS1. The van der Waals surface area contributed by atoms with Crippen molar-refractivity contribution in [2.45, 2.75) is 6.42 Å². The van der Waals surface area contributed by atoms with Crippen molar-refractivity contribution in [3.8, 4) is 0 Å². The van der Waals surface area contributed by atoms with Crippen LogP contribution in [0.4, 0.5) is 0 Å². The number of carbonyl (C=O) groups excluding carboxylic acids is 1. The van der Waals surface area contributed by atoms with Gasteiger partial charge >= 0.3 is 0 Å². The van der Waals surface area contributed by atoms with Crippen molar-refractivity contribution in [1.82, 2.24) is 5.32 Å². The number of nitrogens with zero attached hydrogens (tertiary/aromatic N) is 1. The molecule has 0 atom stereocenters. The van der Waals surface area contributed by atoms with Crippen molar-refractivity contribution in [2.75, 3.05) is 12.3 Å². The molecule has 84 valence electrons.